The number of piperidine rings is 1. The highest BCUT2D eigenvalue weighted by atomic mass is 35.5. The second kappa shape index (κ2) is 7.84. The predicted molar refractivity (Wildman–Crippen MR) is 103 cm³/mol. The minimum atomic E-state index is -0.476. The number of ether oxygens (including phenoxy) is 2. The summed E-state index contributed by atoms with van der Waals surface area (Å²) in [6, 6.07) is 11.2. The molecule has 0 bridgehead atoms. The average Bonchev–Trinajstić information content (AvgIpc) is 3.16. The van der Waals surface area contributed by atoms with Crippen LogP contribution >= 0.6 is 11.6 Å². The molecule has 6 nitrogen and oxygen atoms in total. The van der Waals surface area contributed by atoms with E-state index in [0.29, 0.717) is 62.1 Å². The van der Waals surface area contributed by atoms with Gasteiger partial charge in [-0.1, -0.05) is 29.8 Å². The Morgan fingerprint density at radius 1 is 1.19 bits per heavy atom. The van der Waals surface area contributed by atoms with Crippen molar-refractivity contribution in [1.82, 2.24) is 9.88 Å². The maximum atomic E-state index is 12.9. The molecule has 0 saturated carbocycles. The quantitative estimate of drug-likeness (QED) is 0.871. The lowest BCUT2D eigenvalue weighted by Gasteiger charge is -2.37. The fourth-order valence-corrected chi connectivity index (χ4v) is 3.71. The molecule has 2 fully saturated rings. The van der Waals surface area contributed by atoms with Crippen molar-refractivity contribution in [2.24, 2.45) is 0 Å². The van der Waals surface area contributed by atoms with Crippen molar-refractivity contribution in [2.75, 3.05) is 31.6 Å². The van der Waals surface area contributed by atoms with Crippen LogP contribution in [-0.4, -0.2) is 47.9 Å². The molecule has 1 spiro atoms. The molecule has 0 radical (unpaired) electrons. The number of hydrogen-bond acceptors (Lipinski definition) is 5. The van der Waals surface area contributed by atoms with Gasteiger partial charge in [0.25, 0.3) is 5.91 Å². The van der Waals surface area contributed by atoms with Crippen molar-refractivity contribution in [1.29, 1.82) is 0 Å². The van der Waals surface area contributed by atoms with Crippen LogP contribution < -0.4 is 5.32 Å². The van der Waals surface area contributed by atoms with Crippen LogP contribution in [0.3, 0.4) is 0 Å². The van der Waals surface area contributed by atoms with Gasteiger partial charge in [-0.2, -0.15) is 0 Å². The predicted octanol–water partition coefficient (Wildman–Crippen LogP) is 3.33. The van der Waals surface area contributed by atoms with E-state index < -0.39 is 5.79 Å². The van der Waals surface area contributed by atoms with Gasteiger partial charge in [0.15, 0.2) is 5.79 Å². The first-order valence-corrected chi connectivity index (χ1v) is 9.54. The van der Waals surface area contributed by atoms with Crippen LogP contribution in [0, 0.1) is 0 Å². The summed E-state index contributed by atoms with van der Waals surface area (Å²) < 4.78 is 11.5. The molecule has 0 atom stereocenters. The molecule has 2 saturated heterocycles. The van der Waals surface area contributed by atoms with E-state index in [1.54, 1.807) is 18.3 Å². The fraction of sp³-hybridized carbons (Fsp3) is 0.400. The minimum absolute atomic E-state index is 0.00559. The van der Waals surface area contributed by atoms with Crippen LogP contribution in [0.25, 0.3) is 0 Å². The summed E-state index contributed by atoms with van der Waals surface area (Å²) in [7, 11) is 0. The van der Waals surface area contributed by atoms with E-state index in [1.807, 2.05) is 29.2 Å². The molecule has 27 heavy (non-hydrogen) atoms. The van der Waals surface area contributed by atoms with Gasteiger partial charge in [0, 0.05) is 49.3 Å². The molecule has 0 aliphatic carbocycles. The maximum Gasteiger partial charge on any atom is 0.254 e. The summed E-state index contributed by atoms with van der Waals surface area (Å²) in [5.74, 6) is 0.180. The SMILES string of the molecule is O=C(c1ccnc(NCc2ccccc2Cl)c1)N1CCC2(CC1)OCCO2. The highest BCUT2D eigenvalue weighted by molar-refractivity contribution is 6.31. The lowest BCUT2D eigenvalue weighted by Crippen LogP contribution is -2.47. The Morgan fingerprint density at radius 2 is 1.93 bits per heavy atom. The first-order valence-electron chi connectivity index (χ1n) is 9.16. The molecule has 1 aromatic carbocycles. The molecule has 1 N–H and O–H groups in total. The highest BCUT2D eigenvalue weighted by Gasteiger charge is 2.40. The minimum Gasteiger partial charge on any atom is -0.366 e. The lowest BCUT2D eigenvalue weighted by molar-refractivity contribution is -0.181. The van der Waals surface area contributed by atoms with Gasteiger partial charge in [-0.15, -0.1) is 0 Å². The van der Waals surface area contributed by atoms with E-state index >= 15 is 0 Å². The zero-order valence-electron chi connectivity index (χ0n) is 15.0. The Bertz CT molecular complexity index is 814. The number of aromatic nitrogens is 1. The largest absolute Gasteiger partial charge is 0.366 e. The standard InChI is InChI=1S/C20H22ClN3O3/c21-17-4-2-1-3-16(17)14-23-18-13-15(5-8-22-18)19(25)24-9-6-20(7-10-24)26-11-12-27-20/h1-5,8,13H,6-7,9-12,14H2,(H,22,23). The molecule has 2 aliphatic heterocycles. The second-order valence-corrected chi connectivity index (χ2v) is 7.18. The molecular formula is C20H22ClN3O3. The van der Waals surface area contributed by atoms with Gasteiger partial charge in [0.05, 0.1) is 13.2 Å². The summed E-state index contributed by atoms with van der Waals surface area (Å²) in [4.78, 5) is 19.0. The number of carbonyl (C=O) groups excluding carboxylic acids is 1. The number of anilines is 1. The molecule has 3 heterocycles. The Labute approximate surface area is 163 Å². The van der Waals surface area contributed by atoms with E-state index in [2.05, 4.69) is 10.3 Å². The van der Waals surface area contributed by atoms with Gasteiger partial charge in [-0.3, -0.25) is 4.79 Å². The third-order valence-electron chi connectivity index (χ3n) is 5.05. The molecule has 2 aromatic rings. The summed E-state index contributed by atoms with van der Waals surface area (Å²) in [5, 5.41) is 3.94. The van der Waals surface area contributed by atoms with Crippen molar-refractivity contribution >= 4 is 23.3 Å². The summed E-state index contributed by atoms with van der Waals surface area (Å²) >= 11 is 6.18. The number of benzene rings is 1. The average molecular weight is 388 g/mol. The van der Waals surface area contributed by atoms with E-state index in [1.165, 1.54) is 0 Å². The van der Waals surface area contributed by atoms with E-state index in [9.17, 15) is 4.79 Å². The topological polar surface area (TPSA) is 63.7 Å². The Morgan fingerprint density at radius 3 is 2.67 bits per heavy atom. The smallest absolute Gasteiger partial charge is 0.254 e. The van der Waals surface area contributed by atoms with E-state index in [0.717, 1.165) is 5.56 Å². The molecule has 1 amide bonds. The molecular weight excluding hydrogens is 366 g/mol. The molecule has 142 valence electrons. The number of amides is 1. The number of pyridine rings is 1. The Balaban J connectivity index is 1.38. The zero-order chi connectivity index (χ0) is 18.7. The first kappa shape index (κ1) is 18.2. The van der Waals surface area contributed by atoms with E-state index in [4.69, 9.17) is 21.1 Å². The number of hydrogen-bond donors (Lipinski definition) is 1. The normalized spacial score (nSPS) is 18.6. The number of likely N-dealkylation sites (tertiary alicyclic amines) is 1. The van der Waals surface area contributed by atoms with Gasteiger partial charge in [0.2, 0.25) is 0 Å². The number of carbonyl (C=O) groups is 1. The van der Waals surface area contributed by atoms with E-state index in [-0.39, 0.29) is 5.91 Å². The van der Waals surface area contributed by atoms with Gasteiger partial charge in [-0.05, 0) is 23.8 Å². The Hall–Kier alpha value is -2.15. The second-order valence-electron chi connectivity index (χ2n) is 6.77. The van der Waals surface area contributed by atoms with Crippen molar-refractivity contribution in [3.63, 3.8) is 0 Å². The zero-order valence-corrected chi connectivity index (χ0v) is 15.7. The number of nitrogens with one attached hydrogen (secondary N) is 1. The van der Waals surface area contributed by atoms with Crippen LogP contribution in [-0.2, 0) is 16.0 Å². The van der Waals surface area contributed by atoms with Gasteiger partial charge in [0.1, 0.15) is 5.82 Å². The molecule has 7 heteroatoms. The molecule has 1 aromatic heterocycles. The third-order valence-corrected chi connectivity index (χ3v) is 5.42. The Kier molecular flexibility index (Phi) is 5.29. The van der Waals surface area contributed by atoms with Crippen LogP contribution in [0.15, 0.2) is 42.6 Å². The number of nitrogens with zero attached hydrogens (tertiary/aromatic N) is 2. The monoisotopic (exact) mass is 387 g/mol. The third kappa shape index (κ3) is 4.08. The van der Waals surface area contributed by atoms with Crippen LogP contribution in [0.4, 0.5) is 5.82 Å². The maximum absolute atomic E-state index is 12.9. The molecule has 2 aliphatic rings. The van der Waals surface area contributed by atoms with Gasteiger partial charge < -0.3 is 19.7 Å². The van der Waals surface area contributed by atoms with Crippen LogP contribution in [0.1, 0.15) is 28.8 Å². The van der Waals surface area contributed by atoms with Crippen molar-refractivity contribution in [2.45, 2.75) is 25.2 Å². The number of halogens is 1. The van der Waals surface area contributed by atoms with Crippen molar-refractivity contribution in [3.8, 4) is 0 Å². The first-order chi connectivity index (χ1) is 13.2. The molecule has 4 rings (SSSR count). The van der Waals surface area contributed by atoms with Crippen molar-refractivity contribution in [3.05, 3.63) is 58.7 Å². The number of rotatable bonds is 4. The lowest BCUT2D eigenvalue weighted by atomic mass is 10.0. The van der Waals surface area contributed by atoms with Crippen LogP contribution in [0.5, 0.6) is 0 Å². The summed E-state index contributed by atoms with van der Waals surface area (Å²) in [5.41, 5.74) is 1.60. The van der Waals surface area contributed by atoms with Gasteiger partial charge in [-0.25, -0.2) is 4.98 Å². The fourth-order valence-electron chi connectivity index (χ4n) is 3.51. The summed E-state index contributed by atoms with van der Waals surface area (Å²) in [6.45, 7) is 3.08. The summed E-state index contributed by atoms with van der Waals surface area (Å²) in [6.07, 6.45) is 3.07. The van der Waals surface area contributed by atoms with Crippen molar-refractivity contribution < 1.29 is 14.3 Å². The molecule has 0 unspecified atom stereocenters. The van der Waals surface area contributed by atoms with Crippen LogP contribution in [0.2, 0.25) is 5.02 Å². The highest BCUT2D eigenvalue weighted by Crippen LogP contribution is 2.31. The van der Waals surface area contributed by atoms with Gasteiger partial charge >= 0.3 is 0 Å².